The molecular formula is C22H26N4O2. The summed E-state index contributed by atoms with van der Waals surface area (Å²) in [6.07, 6.45) is 0.404. The van der Waals surface area contributed by atoms with Crippen molar-refractivity contribution in [2.45, 2.75) is 39.8 Å². The molecule has 0 aliphatic rings. The Morgan fingerprint density at radius 2 is 1.75 bits per heavy atom. The summed E-state index contributed by atoms with van der Waals surface area (Å²) in [6.45, 7) is 6.40. The molecular weight excluding hydrogens is 352 g/mol. The fraction of sp³-hybridized carbons (Fsp3) is 0.318. The van der Waals surface area contributed by atoms with Gasteiger partial charge in [0.1, 0.15) is 12.4 Å². The van der Waals surface area contributed by atoms with Gasteiger partial charge in [0, 0.05) is 18.7 Å². The lowest BCUT2D eigenvalue weighted by Crippen LogP contribution is -2.35. The zero-order valence-electron chi connectivity index (χ0n) is 16.6. The second kappa shape index (κ2) is 8.69. The molecule has 146 valence electrons. The number of anilines is 1. The highest BCUT2D eigenvalue weighted by Crippen LogP contribution is 2.22. The quantitative estimate of drug-likeness (QED) is 0.682. The molecule has 0 bridgehead atoms. The minimum Gasteiger partial charge on any atom is -0.346 e. The summed E-state index contributed by atoms with van der Waals surface area (Å²) in [5, 5.41) is 2.95. The number of fused-ring (bicyclic) bond motifs is 1. The van der Waals surface area contributed by atoms with Crippen molar-refractivity contribution in [1.29, 1.82) is 0 Å². The maximum Gasteiger partial charge on any atom is 0.246 e. The van der Waals surface area contributed by atoms with Gasteiger partial charge < -0.3 is 14.8 Å². The van der Waals surface area contributed by atoms with E-state index < -0.39 is 0 Å². The Kier molecular flexibility index (Phi) is 6.09. The third kappa shape index (κ3) is 4.06. The summed E-state index contributed by atoms with van der Waals surface area (Å²) in [7, 11) is 0. The van der Waals surface area contributed by atoms with Crippen LogP contribution in [0.25, 0.3) is 11.0 Å². The zero-order valence-corrected chi connectivity index (χ0v) is 16.6. The molecule has 1 aromatic heterocycles. The Bertz CT molecular complexity index is 965. The number of carbonyl (C=O) groups excluding carboxylic acids is 2. The molecule has 28 heavy (non-hydrogen) atoms. The summed E-state index contributed by atoms with van der Waals surface area (Å²) in [4.78, 5) is 31.4. The Balaban J connectivity index is 1.95. The topological polar surface area (TPSA) is 67.2 Å². The van der Waals surface area contributed by atoms with Gasteiger partial charge in [-0.05, 0) is 38.1 Å². The van der Waals surface area contributed by atoms with E-state index in [4.69, 9.17) is 0 Å². The summed E-state index contributed by atoms with van der Waals surface area (Å²) >= 11 is 0. The monoisotopic (exact) mass is 378 g/mol. The first-order valence-corrected chi connectivity index (χ1v) is 9.65. The smallest absolute Gasteiger partial charge is 0.246 e. The van der Waals surface area contributed by atoms with Crippen molar-refractivity contribution in [1.82, 2.24) is 14.9 Å². The minimum atomic E-state index is -0.292. The van der Waals surface area contributed by atoms with Gasteiger partial charge in [-0.15, -0.1) is 0 Å². The van der Waals surface area contributed by atoms with Gasteiger partial charge in [-0.1, -0.05) is 37.3 Å². The first-order valence-electron chi connectivity index (χ1n) is 9.65. The van der Waals surface area contributed by atoms with Gasteiger partial charge in [0.25, 0.3) is 0 Å². The normalized spacial score (nSPS) is 12.0. The molecule has 2 amide bonds. The van der Waals surface area contributed by atoms with Crippen molar-refractivity contribution < 1.29 is 9.59 Å². The molecule has 6 nitrogen and oxygen atoms in total. The number of imidazole rings is 1. The van der Waals surface area contributed by atoms with Crippen LogP contribution in [-0.4, -0.2) is 27.9 Å². The van der Waals surface area contributed by atoms with Crippen molar-refractivity contribution in [2.75, 3.05) is 11.4 Å². The molecule has 0 aliphatic heterocycles. The predicted molar refractivity (Wildman–Crippen MR) is 111 cm³/mol. The van der Waals surface area contributed by atoms with Gasteiger partial charge in [0.2, 0.25) is 11.8 Å². The largest absolute Gasteiger partial charge is 0.346 e. The molecule has 1 unspecified atom stereocenters. The third-order valence-corrected chi connectivity index (χ3v) is 4.75. The molecule has 0 saturated heterocycles. The number of benzene rings is 2. The maximum atomic E-state index is 13.1. The van der Waals surface area contributed by atoms with E-state index in [2.05, 4.69) is 10.3 Å². The fourth-order valence-electron chi connectivity index (χ4n) is 3.33. The van der Waals surface area contributed by atoms with Crippen LogP contribution in [0.4, 0.5) is 5.69 Å². The Morgan fingerprint density at radius 1 is 1.07 bits per heavy atom. The zero-order chi connectivity index (χ0) is 20.1. The SMILES string of the molecule is CCC(=O)NC(C)c1nc2ccccc2n1CC(=O)N(CC)c1ccccc1. The Labute approximate surface area is 165 Å². The van der Waals surface area contributed by atoms with Crippen LogP contribution in [0.15, 0.2) is 54.6 Å². The first kappa shape index (κ1) is 19.6. The van der Waals surface area contributed by atoms with E-state index in [9.17, 15) is 9.59 Å². The van der Waals surface area contributed by atoms with E-state index in [0.717, 1.165) is 16.7 Å². The summed E-state index contributed by atoms with van der Waals surface area (Å²) in [5.41, 5.74) is 2.56. The third-order valence-electron chi connectivity index (χ3n) is 4.75. The molecule has 2 aromatic carbocycles. The average molecular weight is 378 g/mol. The second-order valence-corrected chi connectivity index (χ2v) is 6.66. The number of rotatable bonds is 7. The molecule has 3 rings (SSSR count). The summed E-state index contributed by atoms with van der Waals surface area (Å²) in [6, 6.07) is 17.1. The molecule has 1 N–H and O–H groups in total. The lowest BCUT2D eigenvalue weighted by molar-refractivity contribution is -0.121. The van der Waals surface area contributed by atoms with Crippen LogP contribution in [-0.2, 0) is 16.1 Å². The van der Waals surface area contributed by atoms with Crippen molar-refractivity contribution in [2.24, 2.45) is 0 Å². The average Bonchev–Trinajstić information content (AvgIpc) is 3.08. The Morgan fingerprint density at radius 3 is 2.43 bits per heavy atom. The lowest BCUT2D eigenvalue weighted by Gasteiger charge is -2.23. The first-order chi connectivity index (χ1) is 13.5. The number of aromatic nitrogens is 2. The fourth-order valence-corrected chi connectivity index (χ4v) is 3.33. The van der Waals surface area contributed by atoms with Crippen molar-refractivity contribution >= 4 is 28.5 Å². The van der Waals surface area contributed by atoms with Gasteiger partial charge in [0.15, 0.2) is 0 Å². The van der Waals surface area contributed by atoms with E-state index >= 15 is 0 Å². The lowest BCUT2D eigenvalue weighted by atomic mass is 10.2. The number of nitrogens with zero attached hydrogens (tertiary/aromatic N) is 3. The van der Waals surface area contributed by atoms with E-state index in [0.29, 0.717) is 18.8 Å². The van der Waals surface area contributed by atoms with Crippen molar-refractivity contribution in [3.63, 3.8) is 0 Å². The van der Waals surface area contributed by atoms with E-state index in [1.54, 1.807) is 4.90 Å². The van der Waals surface area contributed by atoms with Crippen LogP contribution >= 0.6 is 0 Å². The number of amides is 2. The standard InChI is InChI=1S/C22H26N4O2/c1-4-20(27)23-16(3)22-24-18-13-9-10-14-19(18)26(22)15-21(28)25(5-2)17-11-7-6-8-12-17/h6-14,16H,4-5,15H2,1-3H3,(H,23,27). The van der Waals surface area contributed by atoms with E-state index in [-0.39, 0.29) is 24.4 Å². The number of hydrogen-bond donors (Lipinski definition) is 1. The summed E-state index contributed by atoms with van der Waals surface area (Å²) in [5.74, 6) is 0.615. The van der Waals surface area contributed by atoms with Crippen LogP contribution in [0.1, 0.15) is 39.1 Å². The maximum absolute atomic E-state index is 13.1. The van der Waals surface area contributed by atoms with Gasteiger partial charge >= 0.3 is 0 Å². The highest BCUT2D eigenvalue weighted by atomic mass is 16.2. The molecule has 6 heteroatoms. The van der Waals surface area contributed by atoms with Crippen molar-refractivity contribution in [3.05, 3.63) is 60.4 Å². The number of nitrogens with one attached hydrogen (secondary N) is 1. The van der Waals surface area contributed by atoms with E-state index in [1.807, 2.05) is 79.9 Å². The van der Waals surface area contributed by atoms with Gasteiger partial charge in [-0.2, -0.15) is 0 Å². The predicted octanol–water partition coefficient (Wildman–Crippen LogP) is 3.68. The molecule has 3 aromatic rings. The summed E-state index contributed by atoms with van der Waals surface area (Å²) < 4.78 is 1.91. The van der Waals surface area contributed by atoms with Gasteiger partial charge in [0.05, 0.1) is 17.1 Å². The number of para-hydroxylation sites is 3. The molecule has 1 atom stereocenters. The number of carbonyl (C=O) groups is 2. The van der Waals surface area contributed by atoms with E-state index in [1.165, 1.54) is 0 Å². The molecule has 0 saturated carbocycles. The van der Waals surface area contributed by atoms with Crippen LogP contribution in [0, 0.1) is 0 Å². The number of likely N-dealkylation sites (N-methyl/N-ethyl adjacent to an activating group) is 1. The molecule has 0 fully saturated rings. The Hall–Kier alpha value is -3.15. The second-order valence-electron chi connectivity index (χ2n) is 6.66. The number of hydrogen-bond acceptors (Lipinski definition) is 3. The molecule has 0 radical (unpaired) electrons. The molecule has 0 aliphatic carbocycles. The van der Waals surface area contributed by atoms with Gasteiger partial charge in [-0.3, -0.25) is 9.59 Å². The van der Waals surface area contributed by atoms with Crippen molar-refractivity contribution in [3.8, 4) is 0 Å². The highest BCUT2D eigenvalue weighted by molar-refractivity contribution is 5.94. The van der Waals surface area contributed by atoms with Gasteiger partial charge in [-0.25, -0.2) is 4.98 Å². The van der Waals surface area contributed by atoms with Crippen LogP contribution in [0.3, 0.4) is 0 Å². The molecule has 0 spiro atoms. The van der Waals surface area contributed by atoms with Crippen LogP contribution < -0.4 is 10.2 Å². The highest BCUT2D eigenvalue weighted by Gasteiger charge is 2.22. The van der Waals surface area contributed by atoms with Crippen LogP contribution in [0.2, 0.25) is 0 Å². The molecule has 1 heterocycles. The van der Waals surface area contributed by atoms with Crippen LogP contribution in [0.5, 0.6) is 0 Å². The minimum absolute atomic E-state index is 0.0212.